The lowest BCUT2D eigenvalue weighted by Gasteiger charge is -2.19. The number of thiophene rings is 1. The van der Waals surface area contributed by atoms with Crippen molar-refractivity contribution in [1.29, 1.82) is 0 Å². The quantitative estimate of drug-likeness (QED) is 0.536. The van der Waals surface area contributed by atoms with E-state index in [0.717, 1.165) is 57.7 Å². The Hall–Kier alpha value is -2.49. The smallest absolute Gasteiger partial charge is 0.313 e. The average molecular weight is 412 g/mol. The number of fused-ring (bicyclic) bond motifs is 4. The third-order valence-electron chi connectivity index (χ3n) is 5.16. The molecule has 0 unspecified atom stereocenters. The standard InChI is InChI=1S/C19H18N6OS2/c1-2-20-18(26)10-3-5-12-14(7-10)27-19-16(12)17(21-9-22-19)23-11-4-6-13-15(8-11)28-25-24-13/h4,6,8-10H,2-3,5,7H2,1H3,(H,20,26)(H,21,22,23)/p+1/t10-/m0/s1. The lowest BCUT2D eigenvalue weighted by Crippen LogP contribution is -2.89. The number of aryl methyl sites for hydroxylation is 1. The first-order valence-corrected chi connectivity index (χ1v) is 10.9. The van der Waals surface area contributed by atoms with Gasteiger partial charge in [0.25, 0.3) is 0 Å². The van der Waals surface area contributed by atoms with Crippen LogP contribution in [0.1, 0.15) is 23.8 Å². The van der Waals surface area contributed by atoms with Gasteiger partial charge in [-0.2, -0.15) is 0 Å². The maximum Gasteiger partial charge on any atom is 0.313 e. The fourth-order valence-electron chi connectivity index (χ4n) is 3.81. The molecule has 5 rings (SSSR count). The molecule has 142 valence electrons. The Kier molecular flexibility index (Phi) is 4.50. The van der Waals surface area contributed by atoms with Gasteiger partial charge in [0.2, 0.25) is 0 Å². The monoisotopic (exact) mass is 411 g/mol. The minimum atomic E-state index is 0.103. The minimum Gasteiger partial charge on any atom is -0.340 e. The van der Waals surface area contributed by atoms with Crippen molar-refractivity contribution in [3.05, 3.63) is 35.0 Å². The number of carbonyl (C=O) groups excluding carboxylic acids is 1. The van der Waals surface area contributed by atoms with E-state index in [1.807, 2.05) is 30.4 Å². The van der Waals surface area contributed by atoms with Crippen molar-refractivity contribution < 1.29 is 10.1 Å². The van der Waals surface area contributed by atoms with Crippen molar-refractivity contribution in [1.82, 2.24) is 19.6 Å². The van der Waals surface area contributed by atoms with Gasteiger partial charge in [0.1, 0.15) is 22.5 Å². The number of quaternary nitrogens is 1. The van der Waals surface area contributed by atoms with Crippen molar-refractivity contribution in [3.8, 4) is 0 Å². The van der Waals surface area contributed by atoms with Crippen molar-refractivity contribution in [2.24, 2.45) is 5.92 Å². The average Bonchev–Trinajstić information content (AvgIpc) is 3.31. The van der Waals surface area contributed by atoms with Crippen LogP contribution in [0, 0.1) is 5.92 Å². The summed E-state index contributed by atoms with van der Waals surface area (Å²) in [4.78, 5) is 23.6. The van der Waals surface area contributed by atoms with E-state index in [0.29, 0.717) is 0 Å². The molecule has 7 nitrogen and oxygen atoms in total. The van der Waals surface area contributed by atoms with Crippen molar-refractivity contribution in [2.75, 3.05) is 11.9 Å². The summed E-state index contributed by atoms with van der Waals surface area (Å²) >= 11 is 3.07. The van der Waals surface area contributed by atoms with Crippen LogP contribution in [0.25, 0.3) is 20.4 Å². The molecule has 0 spiro atoms. The number of rotatable bonds is 4. The highest BCUT2D eigenvalue weighted by molar-refractivity contribution is 7.19. The number of amides is 1. The number of nitrogens with two attached hydrogens (primary N) is 1. The third-order valence-corrected chi connectivity index (χ3v) is 7.01. The molecule has 0 aliphatic heterocycles. The van der Waals surface area contributed by atoms with E-state index < -0.39 is 0 Å². The molecule has 3 N–H and O–H groups in total. The summed E-state index contributed by atoms with van der Waals surface area (Å²) < 4.78 is 5.03. The Morgan fingerprint density at radius 1 is 1.36 bits per heavy atom. The van der Waals surface area contributed by atoms with Gasteiger partial charge >= 0.3 is 5.91 Å². The molecule has 0 bridgehead atoms. The Labute approximate surface area is 169 Å². The molecule has 1 aliphatic carbocycles. The van der Waals surface area contributed by atoms with Crippen LogP contribution in [-0.4, -0.2) is 32.0 Å². The summed E-state index contributed by atoms with van der Waals surface area (Å²) in [6.07, 6.45) is 4.20. The molecule has 0 saturated heterocycles. The molecule has 0 radical (unpaired) electrons. The Bertz CT molecular complexity index is 1180. The van der Waals surface area contributed by atoms with Crippen LogP contribution >= 0.6 is 22.9 Å². The number of hydrogen-bond donors (Lipinski definition) is 2. The molecule has 3 heterocycles. The zero-order chi connectivity index (χ0) is 19.1. The van der Waals surface area contributed by atoms with Gasteiger partial charge in [0.05, 0.1) is 22.5 Å². The fourth-order valence-corrected chi connectivity index (χ4v) is 5.67. The maximum atomic E-state index is 12.3. The number of carbonyl (C=O) groups is 1. The number of nitrogens with zero attached hydrogens (tertiary/aromatic N) is 4. The summed E-state index contributed by atoms with van der Waals surface area (Å²) in [7, 11) is 0. The van der Waals surface area contributed by atoms with Crippen LogP contribution in [0.4, 0.5) is 11.5 Å². The summed E-state index contributed by atoms with van der Waals surface area (Å²) in [5.74, 6) is 1.21. The molecular weight excluding hydrogens is 392 g/mol. The number of aromatic nitrogens is 4. The number of benzene rings is 1. The highest BCUT2D eigenvalue weighted by Gasteiger charge is 2.30. The molecule has 1 aromatic carbocycles. The molecule has 0 fully saturated rings. The molecule has 1 amide bonds. The molecule has 28 heavy (non-hydrogen) atoms. The minimum absolute atomic E-state index is 0.103. The van der Waals surface area contributed by atoms with E-state index in [2.05, 4.69) is 24.9 Å². The van der Waals surface area contributed by atoms with Gasteiger partial charge in [-0.25, -0.2) is 14.8 Å². The van der Waals surface area contributed by atoms with Gasteiger partial charge in [-0.3, -0.25) is 5.32 Å². The normalized spacial score (nSPS) is 16.4. The van der Waals surface area contributed by atoms with Gasteiger partial charge in [-0.15, -0.1) is 16.4 Å². The predicted octanol–water partition coefficient (Wildman–Crippen LogP) is 2.65. The van der Waals surface area contributed by atoms with Crippen LogP contribution in [0.3, 0.4) is 0 Å². The Morgan fingerprint density at radius 2 is 2.29 bits per heavy atom. The number of hydrogen-bond acceptors (Lipinski definition) is 8. The zero-order valence-corrected chi connectivity index (χ0v) is 16.9. The lowest BCUT2D eigenvalue weighted by molar-refractivity contribution is -0.568. The first-order valence-electron chi connectivity index (χ1n) is 9.34. The van der Waals surface area contributed by atoms with Gasteiger partial charge in [0, 0.05) is 10.6 Å². The molecule has 9 heteroatoms. The topological polar surface area (TPSA) is 97.3 Å². The Balaban J connectivity index is 1.50. The molecule has 3 aromatic heterocycles. The summed E-state index contributed by atoms with van der Waals surface area (Å²) in [6, 6.07) is 6.00. The second-order valence-electron chi connectivity index (χ2n) is 6.94. The second kappa shape index (κ2) is 7.16. The van der Waals surface area contributed by atoms with E-state index in [4.69, 9.17) is 0 Å². The fraction of sp³-hybridized carbons (Fsp3) is 0.316. The van der Waals surface area contributed by atoms with E-state index in [1.165, 1.54) is 22.0 Å². The Morgan fingerprint density at radius 3 is 3.18 bits per heavy atom. The van der Waals surface area contributed by atoms with Crippen molar-refractivity contribution in [2.45, 2.75) is 26.2 Å². The highest BCUT2D eigenvalue weighted by atomic mass is 32.1. The molecular formula is C19H19N6OS2+. The van der Waals surface area contributed by atoms with E-state index in [-0.39, 0.29) is 11.8 Å². The van der Waals surface area contributed by atoms with Crippen LogP contribution in [0.2, 0.25) is 0 Å². The molecule has 0 saturated carbocycles. The first kappa shape index (κ1) is 17.6. The molecule has 1 aliphatic rings. The van der Waals surface area contributed by atoms with Gasteiger partial charge in [0.15, 0.2) is 0 Å². The largest absolute Gasteiger partial charge is 0.340 e. The third kappa shape index (κ3) is 3.05. The van der Waals surface area contributed by atoms with Crippen LogP contribution in [0.5, 0.6) is 0 Å². The van der Waals surface area contributed by atoms with Crippen LogP contribution in [-0.2, 0) is 17.6 Å². The van der Waals surface area contributed by atoms with E-state index >= 15 is 0 Å². The first-order chi connectivity index (χ1) is 13.7. The number of anilines is 2. The number of primary amides is 1. The molecule has 1 atom stereocenters. The predicted molar refractivity (Wildman–Crippen MR) is 111 cm³/mol. The summed E-state index contributed by atoms with van der Waals surface area (Å²) in [6.45, 7) is 2.81. The van der Waals surface area contributed by atoms with E-state index in [9.17, 15) is 4.79 Å². The van der Waals surface area contributed by atoms with E-state index in [1.54, 1.807) is 17.7 Å². The SMILES string of the molecule is CC[NH2+]C(=O)[C@H]1CCc2c(sc3ncnc(Nc4ccc5nnsc5c4)c23)C1. The summed E-state index contributed by atoms with van der Waals surface area (Å²) in [5.41, 5.74) is 3.15. The highest BCUT2D eigenvalue weighted by Crippen LogP contribution is 2.40. The van der Waals surface area contributed by atoms with Gasteiger partial charge in [-0.05, 0) is 61.5 Å². The molecule has 4 aromatic rings. The van der Waals surface area contributed by atoms with Crippen LogP contribution < -0.4 is 10.6 Å². The van der Waals surface area contributed by atoms with Gasteiger partial charge in [-0.1, -0.05) is 4.49 Å². The van der Waals surface area contributed by atoms with Crippen molar-refractivity contribution in [3.63, 3.8) is 0 Å². The number of nitrogens with one attached hydrogen (secondary N) is 1. The van der Waals surface area contributed by atoms with Crippen molar-refractivity contribution >= 4 is 60.7 Å². The maximum absolute atomic E-state index is 12.3. The summed E-state index contributed by atoms with van der Waals surface area (Å²) in [5, 5.41) is 10.5. The second-order valence-corrected chi connectivity index (χ2v) is 8.81. The van der Waals surface area contributed by atoms with Gasteiger partial charge < -0.3 is 5.32 Å². The van der Waals surface area contributed by atoms with Crippen LogP contribution in [0.15, 0.2) is 24.5 Å². The lowest BCUT2D eigenvalue weighted by atomic mass is 9.87. The zero-order valence-electron chi connectivity index (χ0n) is 15.3.